The fourth-order valence-corrected chi connectivity index (χ4v) is 4.06. The second kappa shape index (κ2) is 12.7. The zero-order chi connectivity index (χ0) is 25.2. The summed E-state index contributed by atoms with van der Waals surface area (Å²) in [5.74, 6) is 0.500. The van der Waals surface area contributed by atoms with Crippen LogP contribution < -0.4 is 10.1 Å². The summed E-state index contributed by atoms with van der Waals surface area (Å²) in [7, 11) is 1.62. The van der Waals surface area contributed by atoms with Crippen molar-refractivity contribution < 1.29 is 14.3 Å². The van der Waals surface area contributed by atoms with Crippen molar-refractivity contribution in [3.05, 3.63) is 101 Å². The van der Waals surface area contributed by atoms with Gasteiger partial charge in [0, 0.05) is 19.0 Å². The standard InChI is InChI=1S/C30H36N2O3/c1-5-23(3)31-30(34)28(19-24-12-7-6-8-13-24)32(21-26-15-10-16-27(18-26)35-4)29(33)20-25-14-9-11-22(2)17-25/h6-18,23,28H,5,19-21H2,1-4H3,(H,31,34)/t23-,28+/m1/s1. The minimum Gasteiger partial charge on any atom is -0.497 e. The summed E-state index contributed by atoms with van der Waals surface area (Å²) in [6, 6.07) is 24.9. The van der Waals surface area contributed by atoms with E-state index in [1.165, 1.54) is 0 Å². The molecule has 0 aliphatic rings. The summed E-state index contributed by atoms with van der Waals surface area (Å²) in [6.07, 6.45) is 1.48. The number of carbonyl (C=O) groups is 2. The normalized spacial score (nSPS) is 12.5. The molecule has 0 unspecified atom stereocenters. The first-order chi connectivity index (χ1) is 16.9. The molecule has 0 saturated heterocycles. The number of methoxy groups -OCH3 is 1. The van der Waals surface area contributed by atoms with Crippen LogP contribution in [0.1, 0.15) is 42.5 Å². The third-order valence-electron chi connectivity index (χ3n) is 6.20. The second-order valence-electron chi connectivity index (χ2n) is 9.06. The van der Waals surface area contributed by atoms with E-state index >= 15 is 0 Å². The molecule has 3 rings (SSSR count). The number of ether oxygens (including phenoxy) is 1. The van der Waals surface area contributed by atoms with Crippen molar-refractivity contribution in [3.63, 3.8) is 0 Å². The molecule has 5 heteroatoms. The highest BCUT2D eigenvalue weighted by atomic mass is 16.5. The van der Waals surface area contributed by atoms with Gasteiger partial charge in [-0.15, -0.1) is 0 Å². The van der Waals surface area contributed by atoms with E-state index in [2.05, 4.69) is 5.32 Å². The van der Waals surface area contributed by atoms with Gasteiger partial charge in [-0.05, 0) is 49.1 Å². The summed E-state index contributed by atoms with van der Waals surface area (Å²) in [4.78, 5) is 29.1. The molecule has 0 saturated carbocycles. The minimum atomic E-state index is -0.644. The van der Waals surface area contributed by atoms with Crippen molar-refractivity contribution in [1.29, 1.82) is 0 Å². The fourth-order valence-electron chi connectivity index (χ4n) is 4.06. The molecule has 0 spiro atoms. The maximum absolute atomic E-state index is 13.8. The van der Waals surface area contributed by atoms with Crippen LogP contribution in [0.3, 0.4) is 0 Å². The van der Waals surface area contributed by atoms with Crippen molar-refractivity contribution in [2.75, 3.05) is 7.11 Å². The Bertz CT molecular complexity index is 1110. The van der Waals surface area contributed by atoms with Crippen LogP contribution >= 0.6 is 0 Å². The smallest absolute Gasteiger partial charge is 0.243 e. The number of amides is 2. The number of benzene rings is 3. The number of hydrogen-bond acceptors (Lipinski definition) is 3. The van der Waals surface area contributed by atoms with Gasteiger partial charge in [-0.1, -0.05) is 79.2 Å². The lowest BCUT2D eigenvalue weighted by Crippen LogP contribution is -2.52. The van der Waals surface area contributed by atoms with Crippen LogP contribution in [0, 0.1) is 6.92 Å². The van der Waals surface area contributed by atoms with Crippen LogP contribution in [-0.2, 0) is 29.0 Å². The lowest BCUT2D eigenvalue weighted by Gasteiger charge is -2.32. The van der Waals surface area contributed by atoms with Gasteiger partial charge in [-0.2, -0.15) is 0 Å². The number of carbonyl (C=O) groups excluding carboxylic acids is 2. The monoisotopic (exact) mass is 472 g/mol. The first-order valence-corrected chi connectivity index (χ1v) is 12.2. The van der Waals surface area contributed by atoms with Crippen LogP contribution in [0.5, 0.6) is 5.75 Å². The summed E-state index contributed by atoms with van der Waals surface area (Å²) in [5.41, 5.74) is 3.96. The molecular formula is C30H36N2O3. The molecule has 0 aliphatic heterocycles. The SMILES string of the molecule is CC[C@@H](C)NC(=O)[C@H](Cc1ccccc1)N(Cc1cccc(OC)c1)C(=O)Cc1cccc(C)c1. The molecule has 184 valence electrons. The number of rotatable bonds is 11. The van der Waals surface area contributed by atoms with Crippen LogP contribution in [0.2, 0.25) is 0 Å². The highest BCUT2D eigenvalue weighted by Crippen LogP contribution is 2.20. The third-order valence-corrected chi connectivity index (χ3v) is 6.20. The van der Waals surface area contributed by atoms with Gasteiger partial charge in [0.15, 0.2) is 0 Å². The fraction of sp³-hybridized carbons (Fsp3) is 0.333. The summed E-state index contributed by atoms with van der Waals surface area (Å²) >= 11 is 0. The Morgan fingerprint density at radius 2 is 1.60 bits per heavy atom. The number of hydrogen-bond donors (Lipinski definition) is 1. The summed E-state index contributed by atoms with van der Waals surface area (Å²) in [6.45, 7) is 6.35. The van der Waals surface area contributed by atoms with Crippen molar-refractivity contribution >= 4 is 11.8 Å². The topological polar surface area (TPSA) is 58.6 Å². The lowest BCUT2D eigenvalue weighted by molar-refractivity contribution is -0.141. The molecule has 0 fully saturated rings. The van der Waals surface area contributed by atoms with E-state index in [1.807, 2.05) is 99.6 Å². The van der Waals surface area contributed by atoms with Gasteiger partial charge in [-0.25, -0.2) is 0 Å². The summed E-state index contributed by atoms with van der Waals surface area (Å²) in [5, 5.41) is 3.11. The van der Waals surface area contributed by atoms with E-state index in [9.17, 15) is 9.59 Å². The highest BCUT2D eigenvalue weighted by molar-refractivity contribution is 5.89. The van der Waals surface area contributed by atoms with Gasteiger partial charge in [0.05, 0.1) is 13.5 Å². The molecule has 5 nitrogen and oxygen atoms in total. The molecule has 2 atom stereocenters. The predicted octanol–water partition coefficient (Wildman–Crippen LogP) is 5.10. The van der Waals surface area contributed by atoms with Crippen LogP contribution in [-0.4, -0.2) is 35.9 Å². The molecule has 0 aromatic heterocycles. The van der Waals surface area contributed by atoms with E-state index in [4.69, 9.17) is 4.74 Å². The summed E-state index contributed by atoms with van der Waals surface area (Å²) < 4.78 is 5.39. The molecule has 0 bridgehead atoms. The van der Waals surface area contributed by atoms with Gasteiger partial charge in [-0.3, -0.25) is 9.59 Å². The number of nitrogens with zero attached hydrogens (tertiary/aromatic N) is 1. The van der Waals surface area contributed by atoms with E-state index in [1.54, 1.807) is 12.0 Å². The van der Waals surface area contributed by atoms with Crippen LogP contribution in [0.25, 0.3) is 0 Å². The third kappa shape index (κ3) is 7.71. The van der Waals surface area contributed by atoms with E-state index in [-0.39, 0.29) is 24.3 Å². The first-order valence-electron chi connectivity index (χ1n) is 12.2. The number of nitrogens with one attached hydrogen (secondary N) is 1. The van der Waals surface area contributed by atoms with Gasteiger partial charge in [0.25, 0.3) is 0 Å². The van der Waals surface area contributed by atoms with Crippen LogP contribution in [0.4, 0.5) is 0 Å². The van der Waals surface area contributed by atoms with Gasteiger partial charge >= 0.3 is 0 Å². The molecule has 0 radical (unpaired) electrons. The minimum absolute atomic E-state index is 0.0197. The Morgan fingerprint density at radius 1 is 0.914 bits per heavy atom. The molecule has 35 heavy (non-hydrogen) atoms. The Morgan fingerprint density at radius 3 is 2.29 bits per heavy atom. The lowest BCUT2D eigenvalue weighted by atomic mass is 10.0. The zero-order valence-electron chi connectivity index (χ0n) is 21.2. The Kier molecular flexibility index (Phi) is 9.47. The quantitative estimate of drug-likeness (QED) is 0.422. The average molecular weight is 473 g/mol. The van der Waals surface area contributed by atoms with Crippen molar-refractivity contribution in [1.82, 2.24) is 10.2 Å². The van der Waals surface area contributed by atoms with Gasteiger partial charge in [0.1, 0.15) is 11.8 Å². The largest absolute Gasteiger partial charge is 0.497 e. The molecule has 0 aliphatic carbocycles. The second-order valence-corrected chi connectivity index (χ2v) is 9.06. The average Bonchev–Trinajstić information content (AvgIpc) is 2.86. The maximum atomic E-state index is 13.8. The van der Waals surface area contributed by atoms with E-state index in [0.29, 0.717) is 13.0 Å². The van der Waals surface area contributed by atoms with E-state index in [0.717, 1.165) is 34.4 Å². The van der Waals surface area contributed by atoms with Crippen molar-refractivity contribution in [2.45, 2.75) is 58.7 Å². The van der Waals surface area contributed by atoms with Crippen molar-refractivity contribution in [3.8, 4) is 5.75 Å². The molecule has 3 aromatic carbocycles. The Labute approximate surface area is 209 Å². The zero-order valence-corrected chi connectivity index (χ0v) is 21.2. The molecule has 1 N–H and O–H groups in total. The Balaban J connectivity index is 1.98. The molecule has 3 aromatic rings. The molecule has 2 amide bonds. The van der Waals surface area contributed by atoms with Gasteiger partial charge < -0.3 is 15.0 Å². The predicted molar refractivity (Wildman–Crippen MR) is 140 cm³/mol. The Hall–Kier alpha value is -3.60. The molecule has 0 heterocycles. The van der Waals surface area contributed by atoms with Crippen LogP contribution in [0.15, 0.2) is 78.9 Å². The maximum Gasteiger partial charge on any atom is 0.243 e. The van der Waals surface area contributed by atoms with Gasteiger partial charge in [0.2, 0.25) is 11.8 Å². The van der Waals surface area contributed by atoms with Crippen molar-refractivity contribution in [2.24, 2.45) is 0 Å². The highest BCUT2D eigenvalue weighted by Gasteiger charge is 2.31. The van der Waals surface area contributed by atoms with E-state index < -0.39 is 6.04 Å². The first kappa shape index (κ1) is 26.0. The molecular weight excluding hydrogens is 436 g/mol. The number of aryl methyl sites for hydroxylation is 1.